The Labute approximate surface area is 230 Å². The van der Waals surface area contributed by atoms with Gasteiger partial charge in [0, 0.05) is 18.4 Å². The van der Waals surface area contributed by atoms with Gasteiger partial charge >= 0.3 is 0 Å². The van der Waals surface area contributed by atoms with Gasteiger partial charge in [0.1, 0.15) is 5.56 Å². The highest BCUT2D eigenvalue weighted by molar-refractivity contribution is 6.40. The van der Waals surface area contributed by atoms with Crippen molar-refractivity contribution >= 4 is 52.3 Å². The number of para-hydroxylation sites is 1. The monoisotopic (exact) mass is 552 g/mol. The molecule has 11 heteroatoms. The molecule has 0 unspecified atom stereocenters. The Hall–Kier alpha value is -3.40. The fourth-order valence-electron chi connectivity index (χ4n) is 5.36. The summed E-state index contributed by atoms with van der Waals surface area (Å²) in [7, 11) is 3.84. The Kier molecular flexibility index (Phi) is 6.17. The van der Waals surface area contributed by atoms with Gasteiger partial charge < -0.3 is 19.9 Å². The lowest BCUT2D eigenvalue weighted by Gasteiger charge is -2.39. The highest BCUT2D eigenvalue weighted by atomic mass is 35.5. The van der Waals surface area contributed by atoms with Crippen LogP contribution in [0.15, 0.2) is 42.6 Å². The third kappa shape index (κ3) is 4.24. The van der Waals surface area contributed by atoms with E-state index in [1.165, 1.54) is 22.2 Å². The van der Waals surface area contributed by atoms with E-state index in [0.717, 1.165) is 24.9 Å². The first-order chi connectivity index (χ1) is 18.3. The predicted molar refractivity (Wildman–Crippen MR) is 145 cm³/mol. The number of benzene rings is 2. The molecule has 2 aromatic carbocycles. The molecule has 1 aliphatic carbocycles. The molecule has 1 fully saturated rings. The maximum absolute atomic E-state index is 13.1. The number of nitrogens with one attached hydrogen (secondary N) is 1. The molecule has 0 bridgehead atoms. The molecule has 1 N–H and O–H groups in total. The summed E-state index contributed by atoms with van der Waals surface area (Å²) in [6.45, 7) is 1.05. The van der Waals surface area contributed by atoms with Crippen LogP contribution in [0.25, 0.3) is 0 Å². The van der Waals surface area contributed by atoms with Crippen molar-refractivity contribution in [1.29, 1.82) is 0 Å². The number of carbonyl (C=O) groups excluding carboxylic acids is 2. The van der Waals surface area contributed by atoms with Gasteiger partial charge in [0.2, 0.25) is 17.7 Å². The molecule has 3 aromatic rings. The molecule has 3 aliphatic rings. The summed E-state index contributed by atoms with van der Waals surface area (Å²) in [6, 6.07) is 11.2. The number of nitrogens with zero attached hydrogens (tertiary/aromatic N) is 5. The molecule has 6 rings (SSSR count). The van der Waals surface area contributed by atoms with Gasteiger partial charge in [0.15, 0.2) is 6.73 Å². The zero-order valence-corrected chi connectivity index (χ0v) is 22.5. The van der Waals surface area contributed by atoms with Crippen LogP contribution in [0.1, 0.15) is 34.3 Å². The van der Waals surface area contributed by atoms with Crippen molar-refractivity contribution in [2.24, 2.45) is 0 Å². The second-order valence-electron chi connectivity index (χ2n) is 10.1. The van der Waals surface area contributed by atoms with Crippen molar-refractivity contribution in [3.8, 4) is 5.88 Å². The van der Waals surface area contributed by atoms with Gasteiger partial charge in [0.25, 0.3) is 5.91 Å². The molecule has 3 heterocycles. The van der Waals surface area contributed by atoms with E-state index in [9.17, 15) is 9.59 Å². The minimum Gasteiger partial charge on any atom is -0.455 e. The average Bonchev–Trinajstić information content (AvgIpc) is 3.65. The smallest absolute Gasteiger partial charge is 0.268 e. The van der Waals surface area contributed by atoms with Crippen LogP contribution in [0.2, 0.25) is 10.0 Å². The zero-order chi connectivity index (χ0) is 26.6. The number of rotatable bonds is 5. The van der Waals surface area contributed by atoms with E-state index in [2.05, 4.69) is 32.3 Å². The largest absolute Gasteiger partial charge is 0.455 e. The van der Waals surface area contributed by atoms with Crippen LogP contribution < -0.4 is 15.0 Å². The summed E-state index contributed by atoms with van der Waals surface area (Å²) >= 11 is 12.6. The average molecular weight is 553 g/mol. The number of hydrogen-bond donors (Lipinski definition) is 1. The standard InChI is InChI=1S/C27H26Cl2N6O3/c1-33(2)14-22(36)35-11-8-16-12-17(6-7-19(16)27(35)9-10-27)31-26-30-13-18-24(32-26)38-15-34(25(18)37)23-20(28)4-3-5-21(23)29/h3-7,12-13H,8-11,14-15H2,1-2H3,(H,30,31,32). The number of ether oxygens (including phenoxy) is 1. The molecule has 1 spiro atoms. The van der Waals surface area contributed by atoms with E-state index >= 15 is 0 Å². The van der Waals surface area contributed by atoms with Crippen LogP contribution in [-0.4, -0.2) is 65.5 Å². The van der Waals surface area contributed by atoms with Crippen LogP contribution >= 0.6 is 23.2 Å². The van der Waals surface area contributed by atoms with Crippen molar-refractivity contribution in [1.82, 2.24) is 19.8 Å². The number of halogens is 2. The quantitative estimate of drug-likeness (QED) is 0.499. The first kappa shape index (κ1) is 24.9. The van der Waals surface area contributed by atoms with Gasteiger partial charge in [-0.3, -0.25) is 14.5 Å². The van der Waals surface area contributed by atoms with E-state index < -0.39 is 0 Å². The third-order valence-corrected chi connectivity index (χ3v) is 7.84. The lowest BCUT2D eigenvalue weighted by Crippen LogP contribution is -2.48. The third-order valence-electron chi connectivity index (χ3n) is 7.23. The van der Waals surface area contributed by atoms with E-state index in [4.69, 9.17) is 27.9 Å². The molecule has 0 atom stereocenters. The first-order valence-electron chi connectivity index (χ1n) is 12.4. The number of amides is 2. The number of carbonyl (C=O) groups is 2. The van der Waals surface area contributed by atoms with Crippen molar-refractivity contribution in [3.63, 3.8) is 0 Å². The van der Waals surface area contributed by atoms with Crippen LogP contribution in [0.5, 0.6) is 5.88 Å². The molecule has 9 nitrogen and oxygen atoms in total. The number of fused-ring (bicyclic) bond motifs is 3. The molecule has 0 saturated heterocycles. The molecule has 38 heavy (non-hydrogen) atoms. The maximum Gasteiger partial charge on any atom is 0.268 e. The van der Waals surface area contributed by atoms with E-state index in [1.807, 2.05) is 25.1 Å². The van der Waals surface area contributed by atoms with Crippen molar-refractivity contribution in [2.45, 2.75) is 24.8 Å². The number of hydrogen-bond acceptors (Lipinski definition) is 7. The summed E-state index contributed by atoms with van der Waals surface area (Å²) < 4.78 is 5.79. The molecule has 2 amide bonds. The normalized spacial score (nSPS) is 17.2. The van der Waals surface area contributed by atoms with Gasteiger partial charge in [-0.25, -0.2) is 4.98 Å². The molecular weight excluding hydrogens is 527 g/mol. The Morgan fingerprint density at radius 1 is 1.18 bits per heavy atom. The lowest BCUT2D eigenvalue weighted by atomic mass is 9.90. The summed E-state index contributed by atoms with van der Waals surface area (Å²) in [5.41, 5.74) is 3.71. The Bertz CT molecular complexity index is 1440. The summed E-state index contributed by atoms with van der Waals surface area (Å²) in [4.78, 5) is 40.1. The molecule has 196 valence electrons. The van der Waals surface area contributed by atoms with E-state index in [-0.39, 0.29) is 35.5 Å². The highest BCUT2D eigenvalue weighted by Gasteiger charge is 2.54. The summed E-state index contributed by atoms with van der Waals surface area (Å²) in [6.07, 6.45) is 4.20. The fraction of sp³-hybridized carbons (Fsp3) is 0.333. The minimum atomic E-state index is -0.343. The van der Waals surface area contributed by atoms with E-state index in [0.29, 0.717) is 34.8 Å². The molecule has 1 saturated carbocycles. The lowest BCUT2D eigenvalue weighted by molar-refractivity contribution is -0.135. The molecule has 2 aliphatic heterocycles. The van der Waals surface area contributed by atoms with Crippen LogP contribution in [0, 0.1) is 0 Å². The van der Waals surface area contributed by atoms with Gasteiger partial charge in [-0.2, -0.15) is 4.98 Å². The van der Waals surface area contributed by atoms with Crippen LogP contribution in [-0.2, 0) is 16.8 Å². The van der Waals surface area contributed by atoms with Crippen LogP contribution in [0.3, 0.4) is 0 Å². The number of aromatic nitrogens is 2. The van der Waals surface area contributed by atoms with Gasteiger partial charge in [-0.05, 0) is 68.8 Å². The summed E-state index contributed by atoms with van der Waals surface area (Å²) in [5, 5.41) is 3.93. The first-order valence-corrected chi connectivity index (χ1v) is 13.1. The SMILES string of the molecule is CN(C)CC(=O)N1CCc2cc(Nc3ncc4c(n3)OCN(c3c(Cl)cccc3Cl)C4=O)ccc2C12CC2. The predicted octanol–water partition coefficient (Wildman–Crippen LogP) is 4.46. The van der Waals surface area contributed by atoms with E-state index in [1.54, 1.807) is 18.2 Å². The van der Waals surface area contributed by atoms with Crippen LogP contribution in [0.4, 0.5) is 17.3 Å². The van der Waals surface area contributed by atoms with Gasteiger partial charge in [-0.1, -0.05) is 35.3 Å². The van der Waals surface area contributed by atoms with Gasteiger partial charge in [0.05, 0.1) is 27.8 Å². The van der Waals surface area contributed by atoms with Gasteiger partial charge in [-0.15, -0.1) is 0 Å². The maximum atomic E-state index is 13.1. The number of anilines is 3. The Morgan fingerprint density at radius 2 is 1.95 bits per heavy atom. The topological polar surface area (TPSA) is 90.9 Å². The highest BCUT2D eigenvalue weighted by Crippen LogP contribution is 2.54. The van der Waals surface area contributed by atoms with Crippen molar-refractivity contribution in [2.75, 3.05) is 44.1 Å². The number of likely N-dealkylation sites (N-methyl/N-ethyl adjacent to an activating group) is 1. The van der Waals surface area contributed by atoms with Crippen molar-refractivity contribution in [3.05, 3.63) is 69.3 Å². The second-order valence-corrected chi connectivity index (χ2v) is 10.9. The Morgan fingerprint density at radius 3 is 2.66 bits per heavy atom. The Balaban J connectivity index is 1.21. The summed E-state index contributed by atoms with van der Waals surface area (Å²) in [5.74, 6) is 0.342. The van der Waals surface area contributed by atoms with Crippen molar-refractivity contribution < 1.29 is 14.3 Å². The molecule has 1 aromatic heterocycles. The second kappa shape index (κ2) is 9.41. The molecule has 0 radical (unpaired) electrons. The minimum absolute atomic E-state index is 0.0737. The zero-order valence-electron chi connectivity index (χ0n) is 21.0. The fourth-order valence-corrected chi connectivity index (χ4v) is 5.96. The molecular formula is C27H26Cl2N6O3.